The van der Waals surface area contributed by atoms with Crippen molar-refractivity contribution in [2.45, 2.75) is 31.9 Å². The highest BCUT2D eigenvalue weighted by atomic mass is 16.3. The maximum atomic E-state index is 9.48. The summed E-state index contributed by atoms with van der Waals surface area (Å²) in [5, 5.41) is 9.48. The second kappa shape index (κ2) is 5.67. The number of aliphatic hydroxyl groups is 1. The topological polar surface area (TPSA) is 39.6 Å². The summed E-state index contributed by atoms with van der Waals surface area (Å²) in [6, 6.07) is 4.59. The summed E-state index contributed by atoms with van der Waals surface area (Å²) in [5.41, 5.74) is 0.875. The first-order valence-corrected chi connectivity index (χ1v) is 6.63. The van der Waals surface area contributed by atoms with E-state index in [1.54, 1.807) is 13.1 Å². The standard InChI is InChI=1S/C14H23N3O/c1-11(18)12-6-7-14(15-9-12)17-8-4-5-13(10-17)16(2)3/h6-7,9,11,13,18H,4-5,8,10H2,1-3H3/t11-,13?/m1/s1. The van der Waals surface area contributed by atoms with Crippen molar-refractivity contribution in [3.63, 3.8) is 0 Å². The molecule has 2 heterocycles. The van der Waals surface area contributed by atoms with Crippen molar-refractivity contribution in [1.82, 2.24) is 9.88 Å². The summed E-state index contributed by atoms with van der Waals surface area (Å²) >= 11 is 0. The Morgan fingerprint density at radius 2 is 2.22 bits per heavy atom. The molecule has 1 aliphatic heterocycles. The second-order valence-electron chi connectivity index (χ2n) is 5.33. The molecule has 1 unspecified atom stereocenters. The van der Waals surface area contributed by atoms with E-state index in [2.05, 4.69) is 28.9 Å². The Bertz CT molecular complexity index is 375. The zero-order chi connectivity index (χ0) is 13.1. The Morgan fingerprint density at radius 1 is 1.44 bits per heavy atom. The molecule has 2 rings (SSSR count). The predicted octanol–water partition coefficient (Wildman–Crippen LogP) is 1.67. The molecule has 1 aliphatic rings. The fourth-order valence-corrected chi connectivity index (χ4v) is 2.42. The van der Waals surface area contributed by atoms with Crippen molar-refractivity contribution < 1.29 is 5.11 Å². The number of aromatic nitrogens is 1. The third-order valence-electron chi connectivity index (χ3n) is 3.70. The van der Waals surface area contributed by atoms with Crippen molar-refractivity contribution >= 4 is 5.82 Å². The van der Waals surface area contributed by atoms with Crippen LogP contribution < -0.4 is 4.90 Å². The lowest BCUT2D eigenvalue weighted by Gasteiger charge is -2.36. The average molecular weight is 249 g/mol. The largest absolute Gasteiger partial charge is 0.389 e. The van der Waals surface area contributed by atoms with Gasteiger partial charge in [0, 0.05) is 25.3 Å². The molecule has 1 aromatic heterocycles. The van der Waals surface area contributed by atoms with Gasteiger partial charge in [-0.05, 0) is 45.5 Å². The van der Waals surface area contributed by atoms with E-state index in [1.807, 2.05) is 12.1 Å². The van der Waals surface area contributed by atoms with Gasteiger partial charge in [-0.3, -0.25) is 0 Å². The molecule has 1 N–H and O–H groups in total. The van der Waals surface area contributed by atoms with Crippen LogP contribution in [0.3, 0.4) is 0 Å². The van der Waals surface area contributed by atoms with Crippen LogP contribution in [0.2, 0.25) is 0 Å². The normalized spacial score (nSPS) is 22.3. The first kappa shape index (κ1) is 13.3. The van der Waals surface area contributed by atoms with E-state index in [-0.39, 0.29) is 0 Å². The summed E-state index contributed by atoms with van der Waals surface area (Å²) in [5.74, 6) is 1.02. The number of hydrogen-bond acceptors (Lipinski definition) is 4. The van der Waals surface area contributed by atoms with Gasteiger partial charge in [0.25, 0.3) is 0 Å². The fraction of sp³-hybridized carbons (Fsp3) is 0.643. The number of anilines is 1. The zero-order valence-electron chi connectivity index (χ0n) is 11.5. The lowest BCUT2D eigenvalue weighted by Crippen LogP contribution is -2.45. The highest BCUT2D eigenvalue weighted by molar-refractivity contribution is 5.40. The number of nitrogens with zero attached hydrogens (tertiary/aromatic N) is 3. The summed E-state index contributed by atoms with van der Waals surface area (Å²) in [6.45, 7) is 3.87. The zero-order valence-corrected chi connectivity index (χ0v) is 11.5. The molecule has 1 fully saturated rings. The van der Waals surface area contributed by atoms with E-state index in [1.165, 1.54) is 12.8 Å². The quantitative estimate of drug-likeness (QED) is 0.884. The molecule has 2 atom stereocenters. The molecule has 18 heavy (non-hydrogen) atoms. The minimum Gasteiger partial charge on any atom is -0.389 e. The molecule has 0 bridgehead atoms. The van der Waals surface area contributed by atoms with Crippen molar-refractivity contribution in [2.24, 2.45) is 0 Å². The molecule has 1 saturated heterocycles. The van der Waals surface area contributed by atoms with E-state index in [9.17, 15) is 5.11 Å². The summed E-state index contributed by atoms with van der Waals surface area (Å²) in [7, 11) is 4.27. The molecule has 0 amide bonds. The first-order chi connectivity index (χ1) is 8.58. The number of pyridine rings is 1. The smallest absolute Gasteiger partial charge is 0.128 e. The first-order valence-electron chi connectivity index (χ1n) is 6.63. The molecule has 100 valence electrons. The Labute approximate surface area is 109 Å². The van der Waals surface area contributed by atoms with Crippen LogP contribution in [-0.2, 0) is 0 Å². The Morgan fingerprint density at radius 3 is 2.78 bits per heavy atom. The molecule has 4 heteroatoms. The SMILES string of the molecule is C[C@@H](O)c1ccc(N2CCCC(N(C)C)C2)nc1. The van der Waals surface area contributed by atoms with Gasteiger partial charge in [-0.25, -0.2) is 4.98 Å². The van der Waals surface area contributed by atoms with E-state index in [4.69, 9.17) is 0 Å². The fourth-order valence-electron chi connectivity index (χ4n) is 2.42. The summed E-state index contributed by atoms with van der Waals surface area (Å²) < 4.78 is 0. The van der Waals surface area contributed by atoms with Crippen molar-refractivity contribution in [1.29, 1.82) is 0 Å². The Kier molecular flexibility index (Phi) is 4.19. The van der Waals surface area contributed by atoms with Gasteiger partial charge in [-0.1, -0.05) is 6.07 Å². The Balaban J connectivity index is 2.06. The summed E-state index contributed by atoms with van der Waals surface area (Å²) in [6.07, 6.45) is 3.81. The van der Waals surface area contributed by atoms with E-state index >= 15 is 0 Å². The van der Waals surface area contributed by atoms with Crippen LogP contribution in [0, 0.1) is 0 Å². The average Bonchev–Trinajstić information content (AvgIpc) is 2.39. The molecule has 0 aliphatic carbocycles. The lowest BCUT2D eigenvalue weighted by molar-refractivity contribution is 0.199. The molecule has 4 nitrogen and oxygen atoms in total. The minimum atomic E-state index is -0.442. The molecular weight excluding hydrogens is 226 g/mol. The molecule has 1 aromatic rings. The third-order valence-corrected chi connectivity index (χ3v) is 3.70. The number of piperidine rings is 1. The van der Waals surface area contributed by atoms with Crippen molar-refractivity contribution in [2.75, 3.05) is 32.1 Å². The van der Waals surface area contributed by atoms with Gasteiger partial charge in [-0.15, -0.1) is 0 Å². The highest BCUT2D eigenvalue weighted by Gasteiger charge is 2.22. The highest BCUT2D eigenvalue weighted by Crippen LogP contribution is 2.21. The van der Waals surface area contributed by atoms with Crippen LogP contribution in [0.25, 0.3) is 0 Å². The Hall–Kier alpha value is -1.13. The summed E-state index contributed by atoms with van der Waals surface area (Å²) in [4.78, 5) is 9.09. The maximum Gasteiger partial charge on any atom is 0.128 e. The van der Waals surface area contributed by atoms with Crippen molar-refractivity contribution in [3.8, 4) is 0 Å². The van der Waals surface area contributed by atoms with Crippen LogP contribution in [-0.4, -0.2) is 48.2 Å². The third kappa shape index (κ3) is 3.00. The van der Waals surface area contributed by atoms with E-state index < -0.39 is 6.10 Å². The van der Waals surface area contributed by atoms with Gasteiger partial charge >= 0.3 is 0 Å². The van der Waals surface area contributed by atoms with Crippen LogP contribution in [0.15, 0.2) is 18.3 Å². The lowest BCUT2D eigenvalue weighted by atomic mass is 10.0. The van der Waals surface area contributed by atoms with Crippen LogP contribution in [0.4, 0.5) is 5.82 Å². The predicted molar refractivity (Wildman–Crippen MR) is 73.8 cm³/mol. The van der Waals surface area contributed by atoms with E-state index in [0.717, 1.165) is 24.5 Å². The van der Waals surface area contributed by atoms with E-state index in [0.29, 0.717) is 6.04 Å². The number of rotatable bonds is 3. The molecule has 0 saturated carbocycles. The van der Waals surface area contributed by atoms with Gasteiger partial charge in [0.15, 0.2) is 0 Å². The van der Waals surface area contributed by atoms with Crippen molar-refractivity contribution in [3.05, 3.63) is 23.9 Å². The van der Waals surface area contributed by atoms with Crippen LogP contribution in [0.1, 0.15) is 31.4 Å². The second-order valence-corrected chi connectivity index (χ2v) is 5.33. The molecule has 0 aromatic carbocycles. The minimum absolute atomic E-state index is 0.442. The molecule has 0 radical (unpaired) electrons. The molecule has 0 spiro atoms. The number of hydrogen-bond donors (Lipinski definition) is 1. The molecular formula is C14H23N3O. The van der Waals surface area contributed by atoms with Gasteiger partial charge in [0.05, 0.1) is 6.10 Å². The maximum absolute atomic E-state index is 9.48. The van der Waals surface area contributed by atoms with Crippen LogP contribution >= 0.6 is 0 Å². The van der Waals surface area contributed by atoms with Gasteiger partial charge in [0.1, 0.15) is 5.82 Å². The van der Waals surface area contributed by atoms with Gasteiger partial charge < -0.3 is 14.9 Å². The number of aliphatic hydroxyl groups excluding tert-OH is 1. The monoisotopic (exact) mass is 249 g/mol. The van der Waals surface area contributed by atoms with Gasteiger partial charge in [-0.2, -0.15) is 0 Å². The number of likely N-dealkylation sites (N-methyl/N-ethyl adjacent to an activating group) is 1. The van der Waals surface area contributed by atoms with Gasteiger partial charge in [0.2, 0.25) is 0 Å². The van der Waals surface area contributed by atoms with Crippen LogP contribution in [0.5, 0.6) is 0 Å².